The van der Waals surface area contributed by atoms with E-state index in [0.29, 0.717) is 18.7 Å². The molecule has 0 spiro atoms. The molecular formula is C37H66N2O12. The molecule has 4 N–H and O–H groups in total. The highest BCUT2D eigenvalue weighted by atomic mass is 16.7. The van der Waals surface area contributed by atoms with Gasteiger partial charge in [-0.05, 0) is 81.8 Å². The number of nitrogens with zero attached hydrogens (tertiary/aromatic N) is 2. The van der Waals surface area contributed by atoms with Crippen molar-refractivity contribution in [1.82, 2.24) is 4.90 Å². The second kappa shape index (κ2) is 16.1. The lowest BCUT2D eigenvalue weighted by molar-refractivity contribution is -0.318. The number of fused-ring (bicyclic) bond motifs is 2. The molecule has 4 heterocycles. The third-order valence-corrected chi connectivity index (χ3v) is 11.8. The minimum Gasteiger partial charge on any atom is -0.472 e. The minimum atomic E-state index is -1.62. The van der Waals surface area contributed by atoms with E-state index in [9.17, 15) is 25.2 Å². The summed E-state index contributed by atoms with van der Waals surface area (Å²) in [5.74, 6) is -2.40. The number of esters is 1. The molecule has 0 amide bonds. The SMILES string of the molecule is CC[C@@H]1OC(=O)[C@H](C)[C@@H](O[C@H]2C[C@@](C)(OC)[C@@H](O)[C@H](C)O2)[C@H](C)[C@@H](O[C@@H]2O[C@H](C)C[C@H](N(C)C)[C@H]2O)C(C)(O)C[C@@H](C)C2=N[C@@H](C)[C@@H](O2)[C@]1(C)O. The zero-order chi connectivity index (χ0) is 38.4. The van der Waals surface area contributed by atoms with Crippen LogP contribution in [0.4, 0.5) is 0 Å². The Morgan fingerprint density at radius 2 is 1.61 bits per heavy atom. The first-order chi connectivity index (χ1) is 23.6. The summed E-state index contributed by atoms with van der Waals surface area (Å²) < 4.78 is 43.9. The zero-order valence-electron chi connectivity index (χ0n) is 32.9. The van der Waals surface area contributed by atoms with E-state index in [-0.39, 0.29) is 25.0 Å². The lowest BCUT2D eigenvalue weighted by Gasteiger charge is -2.49. The van der Waals surface area contributed by atoms with E-state index >= 15 is 0 Å². The Morgan fingerprint density at radius 3 is 2.20 bits per heavy atom. The summed E-state index contributed by atoms with van der Waals surface area (Å²) >= 11 is 0. The predicted octanol–water partition coefficient (Wildman–Crippen LogP) is 2.41. The standard InChI is InChI=1S/C37H66N2O12/c1-14-25-37(10,44)31-22(6)38-32(50-31)18(2)16-35(8,43)30(51-34-27(40)24(39(11)12)15-19(3)46-34)20(4)28(21(5)33(42)48-25)49-26-17-36(9,45-13)29(41)23(7)47-26/h18-31,34,40-41,43-44H,14-17H2,1-13H3/t18-,19-,20+,21-,22+,23+,24+,25+,26+,27-,28+,29+,30-,31-,34+,35?,36-,37-/m1/s1. The van der Waals surface area contributed by atoms with E-state index in [0.717, 1.165) is 0 Å². The number of hydrogen-bond acceptors (Lipinski definition) is 14. The third kappa shape index (κ3) is 8.76. The quantitative estimate of drug-likeness (QED) is 0.281. The van der Waals surface area contributed by atoms with Gasteiger partial charge in [0, 0.05) is 31.4 Å². The summed E-state index contributed by atoms with van der Waals surface area (Å²) in [5.41, 5.74) is -4.22. The fourth-order valence-corrected chi connectivity index (χ4v) is 8.66. The number of aliphatic hydroxyl groups excluding tert-OH is 2. The molecule has 0 radical (unpaired) electrons. The molecule has 51 heavy (non-hydrogen) atoms. The van der Waals surface area contributed by atoms with Crippen LogP contribution in [0.2, 0.25) is 0 Å². The monoisotopic (exact) mass is 730 g/mol. The summed E-state index contributed by atoms with van der Waals surface area (Å²) in [6, 6.07) is -0.725. The molecule has 0 saturated carbocycles. The van der Waals surface area contributed by atoms with Crippen LogP contribution in [-0.2, 0) is 38.0 Å². The number of carbonyl (C=O) groups excluding carboxylic acids is 1. The molecule has 14 nitrogen and oxygen atoms in total. The molecule has 14 heteroatoms. The van der Waals surface area contributed by atoms with Crippen molar-refractivity contribution in [3.05, 3.63) is 0 Å². The lowest BCUT2D eigenvalue weighted by Crippen LogP contribution is -2.61. The number of rotatable bonds is 7. The zero-order valence-corrected chi connectivity index (χ0v) is 32.9. The van der Waals surface area contributed by atoms with Gasteiger partial charge in [-0.1, -0.05) is 20.8 Å². The number of hydrogen-bond donors (Lipinski definition) is 4. The van der Waals surface area contributed by atoms with Crippen LogP contribution in [0.25, 0.3) is 0 Å². The van der Waals surface area contributed by atoms with Crippen molar-refractivity contribution in [2.24, 2.45) is 22.7 Å². The Balaban J connectivity index is 1.82. The molecule has 1 unspecified atom stereocenters. The minimum absolute atomic E-state index is 0.117. The van der Waals surface area contributed by atoms with Crippen molar-refractivity contribution in [3.8, 4) is 0 Å². The number of likely N-dealkylation sites (N-methyl/N-ethyl adjacent to an activating group) is 1. The van der Waals surface area contributed by atoms with Gasteiger partial charge in [-0.15, -0.1) is 0 Å². The maximum Gasteiger partial charge on any atom is 0.311 e. The Hall–Kier alpha value is -1.46. The molecule has 4 rings (SSSR count). The van der Waals surface area contributed by atoms with Gasteiger partial charge in [0.2, 0.25) is 0 Å². The summed E-state index contributed by atoms with van der Waals surface area (Å²) in [6.07, 6.45) is -7.58. The van der Waals surface area contributed by atoms with E-state index < -0.39 is 102 Å². The topological polar surface area (TPSA) is 178 Å². The van der Waals surface area contributed by atoms with Crippen molar-refractivity contribution in [2.75, 3.05) is 21.2 Å². The second-order valence-electron chi connectivity index (χ2n) is 16.6. The summed E-state index contributed by atoms with van der Waals surface area (Å²) in [5, 5.41) is 46.8. The molecule has 3 saturated heterocycles. The second-order valence-corrected chi connectivity index (χ2v) is 16.6. The van der Waals surface area contributed by atoms with Crippen molar-refractivity contribution in [3.63, 3.8) is 0 Å². The fraction of sp³-hybridized carbons (Fsp3) is 0.946. The highest BCUT2D eigenvalue weighted by Gasteiger charge is 2.54. The normalized spacial score (nSPS) is 50.3. The van der Waals surface area contributed by atoms with Gasteiger partial charge in [0.15, 0.2) is 24.6 Å². The lowest BCUT2D eigenvalue weighted by atomic mass is 9.77. The average Bonchev–Trinajstić information content (AvgIpc) is 3.46. The Labute approximate surface area is 304 Å². The van der Waals surface area contributed by atoms with Gasteiger partial charge in [-0.3, -0.25) is 4.79 Å². The van der Waals surface area contributed by atoms with Crippen LogP contribution in [0.1, 0.15) is 94.9 Å². The number of aliphatic hydroxyl groups is 4. The maximum atomic E-state index is 14.2. The summed E-state index contributed by atoms with van der Waals surface area (Å²) in [6.45, 7) is 17.7. The van der Waals surface area contributed by atoms with E-state index in [1.807, 2.05) is 53.6 Å². The third-order valence-electron chi connectivity index (χ3n) is 11.8. The molecule has 0 aromatic heterocycles. The van der Waals surface area contributed by atoms with Gasteiger partial charge in [-0.2, -0.15) is 0 Å². The first kappa shape index (κ1) is 42.3. The van der Waals surface area contributed by atoms with Crippen LogP contribution in [0.15, 0.2) is 4.99 Å². The molecular weight excluding hydrogens is 664 g/mol. The molecule has 18 atom stereocenters. The first-order valence-electron chi connectivity index (χ1n) is 18.7. The number of ether oxygens (including phenoxy) is 7. The maximum absolute atomic E-state index is 14.2. The van der Waals surface area contributed by atoms with Crippen LogP contribution in [0, 0.1) is 17.8 Å². The van der Waals surface area contributed by atoms with Gasteiger partial charge in [0.1, 0.15) is 23.9 Å². The molecule has 0 aliphatic carbocycles. The van der Waals surface area contributed by atoms with E-state index in [1.54, 1.807) is 34.6 Å². The molecule has 0 aromatic carbocycles. The molecule has 4 aliphatic heterocycles. The first-order valence-corrected chi connectivity index (χ1v) is 18.7. The molecule has 3 fully saturated rings. The van der Waals surface area contributed by atoms with Crippen LogP contribution in [-0.4, -0.2) is 149 Å². The van der Waals surface area contributed by atoms with Crippen LogP contribution < -0.4 is 0 Å². The van der Waals surface area contributed by atoms with Crippen LogP contribution in [0.3, 0.4) is 0 Å². The number of aliphatic imine (C=N–C) groups is 1. The summed E-state index contributed by atoms with van der Waals surface area (Å²) in [7, 11) is 5.28. The van der Waals surface area contributed by atoms with Crippen molar-refractivity contribution < 1.29 is 58.4 Å². The fourth-order valence-electron chi connectivity index (χ4n) is 8.66. The number of methoxy groups -OCH3 is 1. The molecule has 4 aliphatic rings. The van der Waals surface area contributed by atoms with Crippen LogP contribution in [0.5, 0.6) is 0 Å². The van der Waals surface area contributed by atoms with Gasteiger partial charge >= 0.3 is 5.97 Å². The smallest absolute Gasteiger partial charge is 0.311 e. The van der Waals surface area contributed by atoms with E-state index in [4.69, 9.17) is 38.2 Å². The molecule has 2 bridgehead atoms. The average molecular weight is 731 g/mol. The molecule has 296 valence electrons. The van der Waals surface area contributed by atoms with Crippen molar-refractivity contribution >= 4 is 11.9 Å². The van der Waals surface area contributed by atoms with Crippen LogP contribution >= 0.6 is 0 Å². The van der Waals surface area contributed by atoms with Gasteiger partial charge in [0.05, 0.1) is 47.6 Å². The molecule has 0 aromatic rings. The van der Waals surface area contributed by atoms with Gasteiger partial charge in [-0.25, -0.2) is 4.99 Å². The van der Waals surface area contributed by atoms with Gasteiger partial charge in [0.25, 0.3) is 0 Å². The number of carbonyl (C=O) groups is 1. The van der Waals surface area contributed by atoms with Gasteiger partial charge < -0.3 is 58.5 Å². The van der Waals surface area contributed by atoms with E-state index in [2.05, 4.69) is 0 Å². The van der Waals surface area contributed by atoms with Crippen molar-refractivity contribution in [1.29, 1.82) is 0 Å². The Morgan fingerprint density at radius 1 is 0.961 bits per heavy atom. The number of cyclic esters (lactones) is 1. The Kier molecular flexibility index (Phi) is 13.4. The van der Waals surface area contributed by atoms with Crippen molar-refractivity contribution in [2.45, 2.75) is 185 Å². The van der Waals surface area contributed by atoms with E-state index in [1.165, 1.54) is 7.11 Å². The highest BCUT2D eigenvalue weighted by Crippen LogP contribution is 2.41. The largest absolute Gasteiger partial charge is 0.472 e. The Bertz CT molecular complexity index is 1220. The predicted molar refractivity (Wildman–Crippen MR) is 188 cm³/mol. The summed E-state index contributed by atoms with van der Waals surface area (Å²) in [4.78, 5) is 20.9. The highest BCUT2D eigenvalue weighted by molar-refractivity contribution is 5.80.